The molecule has 1 aromatic rings. The van der Waals surface area contributed by atoms with Gasteiger partial charge in [0.1, 0.15) is 0 Å². The lowest BCUT2D eigenvalue weighted by Gasteiger charge is -2.09. The number of hydrogen-bond acceptors (Lipinski definition) is 2. The van der Waals surface area contributed by atoms with Crippen molar-refractivity contribution in [1.82, 2.24) is 5.32 Å². The van der Waals surface area contributed by atoms with E-state index in [2.05, 4.69) is 37.4 Å². The summed E-state index contributed by atoms with van der Waals surface area (Å²) in [6, 6.07) is 8.40. The highest BCUT2D eigenvalue weighted by Crippen LogP contribution is 2.07. The van der Waals surface area contributed by atoms with Crippen LogP contribution in [0, 0.1) is 5.92 Å². The second kappa shape index (κ2) is 6.59. The van der Waals surface area contributed by atoms with Crippen molar-refractivity contribution in [2.45, 2.75) is 26.8 Å². The Balaban J connectivity index is 2.36. The van der Waals surface area contributed by atoms with Gasteiger partial charge in [0.25, 0.3) is 0 Å². The average molecular weight is 206 g/mol. The monoisotopic (exact) mass is 206 g/mol. The summed E-state index contributed by atoms with van der Waals surface area (Å²) in [7, 11) is 0. The van der Waals surface area contributed by atoms with Crippen LogP contribution in [0.4, 0.5) is 0 Å². The van der Waals surface area contributed by atoms with Crippen LogP contribution in [0.25, 0.3) is 0 Å². The van der Waals surface area contributed by atoms with Gasteiger partial charge < -0.3 is 11.1 Å². The number of rotatable bonds is 6. The summed E-state index contributed by atoms with van der Waals surface area (Å²) in [6.07, 6.45) is 1.07. The molecule has 0 aliphatic rings. The van der Waals surface area contributed by atoms with Gasteiger partial charge in [-0.25, -0.2) is 0 Å². The van der Waals surface area contributed by atoms with Gasteiger partial charge in [-0.15, -0.1) is 0 Å². The fourth-order valence-electron chi connectivity index (χ4n) is 1.61. The molecule has 0 aliphatic carbocycles. The van der Waals surface area contributed by atoms with Gasteiger partial charge in [0.15, 0.2) is 0 Å². The fourth-order valence-corrected chi connectivity index (χ4v) is 1.61. The molecule has 0 fully saturated rings. The van der Waals surface area contributed by atoms with Gasteiger partial charge in [0.2, 0.25) is 0 Å². The van der Waals surface area contributed by atoms with E-state index in [1.165, 1.54) is 11.1 Å². The summed E-state index contributed by atoms with van der Waals surface area (Å²) >= 11 is 0. The zero-order valence-corrected chi connectivity index (χ0v) is 9.79. The van der Waals surface area contributed by atoms with E-state index in [0.29, 0.717) is 6.54 Å². The minimum absolute atomic E-state index is 0.639. The van der Waals surface area contributed by atoms with Crippen molar-refractivity contribution in [3.63, 3.8) is 0 Å². The Morgan fingerprint density at radius 1 is 1.20 bits per heavy atom. The van der Waals surface area contributed by atoms with Gasteiger partial charge >= 0.3 is 0 Å². The molecule has 0 radical (unpaired) electrons. The van der Waals surface area contributed by atoms with Crippen LogP contribution in [-0.2, 0) is 13.0 Å². The molecule has 0 heterocycles. The maximum atomic E-state index is 5.68. The quantitative estimate of drug-likeness (QED) is 0.698. The standard InChI is InChI=1S/C13H22N2/c1-11(2)10-15-8-7-12-5-3-4-6-13(12)9-14/h3-6,11,15H,7-10,14H2,1-2H3. The van der Waals surface area contributed by atoms with Crippen molar-refractivity contribution in [2.75, 3.05) is 13.1 Å². The third kappa shape index (κ3) is 4.45. The van der Waals surface area contributed by atoms with E-state index in [-0.39, 0.29) is 0 Å². The molecule has 0 aromatic heterocycles. The summed E-state index contributed by atoms with van der Waals surface area (Å²) in [4.78, 5) is 0. The van der Waals surface area contributed by atoms with Gasteiger partial charge in [-0.2, -0.15) is 0 Å². The van der Waals surface area contributed by atoms with E-state index in [0.717, 1.165) is 25.4 Å². The van der Waals surface area contributed by atoms with Crippen molar-refractivity contribution >= 4 is 0 Å². The third-order valence-corrected chi connectivity index (χ3v) is 2.46. The van der Waals surface area contributed by atoms with Crippen LogP contribution in [0.3, 0.4) is 0 Å². The van der Waals surface area contributed by atoms with Crippen LogP contribution in [-0.4, -0.2) is 13.1 Å². The van der Waals surface area contributed by atoms with E-state index in [1.54, 1.807) is 0 Å². The summed E-state index contributed by atoms with van der Waals surface area (Å²) in [5.41, 5.74) is 8.32. The fraction of sp³-hybridized carbons (Fsp3) is 0.538. The maximum Gasteiger partial charge on any atom is 0.0180 e. The second-order valence-electron chi connectivity index (χ2n) is 4.32. The van der Waals surface area contributed by atoms with Crippen LogP contribution in [0.5, 0.6) is 0 Å². The zero-order valence-electron chi connectivity index (χ0n) is 9.79. The maximum absolute atomic E-state index is 5.68. The Labute approximate surface area is 92.9 Å². The summed E-state index contributed by atoms with van der Waals surface area (Å²) < 4.78 is 0. The van der Waals surface area contributed by atoms with Crippen LogP contribution < -0.4 is 11.1 Å². The van der Waals surface area contributed by atoms with Gasteiger partial charge in [0.05, 0.1) is 0 Å². The molecule has 0 bridgehead atoms. The molecule has 1 aromatic carbocycles. The molecular formula is C13H22N2. The summed E-state index contributed by atoms with van der Waals surface area (Å²) in [5, 5.41) is 3.44. The van der Waals surface area contributed by atoms with Crippen LogP contribution >= 0.6 is 0 Å². The van der Waals surface area contributed by atoms with Crippen molar-refractivity contribution in [3.8, 4) is 0 Å². The molecule has 0 atom stereocenters. The molecule has 2 nitrogen and oxygen atoms in total. The first-order chi connectivity index (χ1) is 7.24. The van der Waals surface area contributed by atoms with E-state index in [1.807, 2.05) is 6.07 Å². The molecule has 0 saturated heterocycles. The lowest BCUT2D eigenvalue weighted by molar-refractivity contribution is 0.554. The lowest BCUT2D eigenvalue weighted by Crippen LogP contribution is -2.22. The smallest absolute Gasteiger partial charge is 0.0180 e. The highest BCUT2D eigenvalue weighted by molar-refractivity contribution is 5.27. The number of hydrogen-bond donors (Lipinski definition) is 2. The minimum Gasteiger partial charge on any atom is -0.326 e. The van der Waals surface area contributed by atoms with Crippen molar-refractivity contribution in [1.29, 1.82) is 0 Å². The Kier molecular flexibility index (Phi) is 5.37. The molecular weight excluding hydrogens is 184 g/mol. The topological polar surface area (TPSA) is 38.0 Å². The molecule has 1 rings (SSSR count). The molecule has 3 N–H and O–H groups in total. The molecule has 0 saturated carbocycles. The van der Waals surface area contributed by atoms with Crippen LogP contribution in [0.15, 0.2) is 24.3 Å². The number of nitrogens with two attached hydrogens (primary N) is 1. The summed E-state index contributed by atoms with van der Waals surface area (Å²) in [5.74, 6) is 0.717. The van der Waals surface area contributed by atoms with Crippen LogP contribution in [0.1, 0.15) is 25.0 Å². The average Bonchev–Trinajstić information content (AvgIpc) is 2.24. The van der Waals surface area contributed by atoms with Gasteiger partial charge in [-0.3, -0.25) is 0 Å². The largest absolute Gasteiger partial charge is 0.326 e. The minimum atomic E-state index is 0.639. The van der Waals surface area contributed by atoms with Crippen LogP contribution in [0.2, 0.25) is 0 Å². The predicted octanol–water partition coefficient (Wildman–Crippen LogP) is 1.93. The van der Waals surface area contributed by atoms with Gasteiger partial charge in [0, 0.05) is 6.54 Å². The Morgan fingerprint density at radius 3 is 2.47 bits per heavy atom. The van der Waals surface area contributed by atoms with E-state index in [4.69, 9.17) is 5.73 Å². The van der Waals surface area contributed by atoms with E-state index in [9.17, 15) is 0 Å². The number of benzene rings is 1. The Bertz CT molecular complexity index is 282. The van der Waals surface area contributed by atoms with Gasteiger partial charge in [-0.05, 0) is 36.6 Å². The lowest BCUT2D eigenvalue weighted by atomic mass is 10.0. The van der Waals surface area contributed by atoms with E-state index < -0.39 is 0 Å². The van der Waals surface area contributed by atoms with Crippen molar-refractivity contribution in [3.05, 3.63) is 35.4 Å². The molecule has 84 valence electrons. The third-order valence-electron chi connectivity index (χ3n) is 2.46. The second-order valence-corrected chi connectivity index (χ2v) is 4.32. The highest BCUT2D eigenvalue weighted by Gasteiger charge is 1.99. The Morgan fingerprint density at radius 2 is 1.87 bits per heavy atom. The molecule has 0 amide bonds. The number of nitrogens with one attached hydrogen (secondary N) is 1. The SMILES string of the molecule is CC(C)CNCCc1ccccc1CN. The van der Waals surface area contributed by atoms with Gasteiger partial charge in [-0.1, -0.05) is 38.1 Å². The molecule has 0 unspecified atom stereocenters. The molecule has 0 aliphatic heterocycles. The molecule has 0 spiro atoms. The predicted molar refractivity (Wildman–Crippen MR) is 65.7 cm³/mol. The zero-order chi connectivity index (χ0) is 11.1. The molecule has 2 heteroatoms. The highest BCUT2D eigenvalue weighted by atomic mass is 14.8. The Hall–Kier alpha value is -0.860. The van der Waals surface area contributed by atoms with Crippen molar-refractivity contribution in [2.24, 2.45) is 11.7 Å². The first-order valence-corrected chi connectivity index (χ1v) is 5.71. The normalized spacial score (nSPS) is 10.9. The van der Waals surface area contributed by atoms with Crippen molar-refractivity contribution < 1.29 is 0 Å². The first-order valence-electron chi connectivity index (χ1n) is 5.71. The van der Waals surface area contributed by atoms with E-state index >= 15 is 0 Å². The summed E-state index contributed by atoms with van der Waals surface area (Å²) in [6.45, 7) is 7.21. The molecule has 15 heavy (non-hydrogen) atoms. The first kappa shape index (κ1) is 12.2.